The summed E-state index contributed by atoms with van der Waals surface area (Å²) in [4.78, 5) is 13.5. The van der Waals surface area contributed by atoms with Crippen LogP contribution >= 0.6 is 24.0 Å². The fourth-order valence-corrected chi connectivity index (χ4v) is 3.08. The molecular weight excluding hydrogens is 465 g/mol. The third-order valence-corrected chi connectivity index (χ3v) is 4.28. The van der Waals surface area contributed by atoms with E-state index in [1.807, 2.05) is 43.0 Å². The molecule has 156 valence electrons. The second-order valence-electron chi connectivity index (χ2n) is 7.27. The quantitative estimate of drug-likeness (QED) is 0.360. The van der Waals surface area contributed by atoms with E-state index in [-0.39, 0.29) is 24.0 Å². The lowest BCUT2D eigenvalue weighted by molar-refractivity contribution is 0.473. The Morgan fingerprint density at radius 3 is 2.57 bits per heavy atom. The van der Waals surface area contributed by atoms with Crippen molar-refractivity contribution in [1.82, 2.24) is 25.0 Å². The fourth-order valence-electron chi connectivity index (χ4n) is 3.08. The Bertz CT molecular complexity index is 768. The van der Waals surface area contributed by atoms with Gasteiger partial charge in [-0.15, -0.1) is 24.0 Å². The Balaban J connectivity index is 0.00000392. The second-order valence-corrected chi connectivity index (χ2v) is 7.27. The maximum absolute atomic E-state index is 4.84. The molecule has 1 N–H and O–H groups in total. The first-order valence-corrected chi connectivity index (χ1v) is 9.46. The summed E-state index contributed by atoms with van der Waals surface area (Å²) in [5, 5.41) is 8.00. The van der Waals surface area contributed by atoms with Gasteiger partial charge in [-0.2, -0.15) is 5.10 Å². The largest absolute Gasteiger partial charge is 0.362 e. The van der Waals surface area contributed by atoms with Gasteiger partial charge in [0.1, 0.15) is 5.82 Å². The predicted octanol–water partition coefficient (Wildman–Crippen LogP) is 3.22. The van der Waals surface area contributed by atoms with Gasteiger partial charge in [-0.1, -0.05) is 19.9 Å². The molecule has 0 fully saturated rings. The molecule has 28 heavy (non-hydrogen) atoms. The Kier molecular flexibility index (Phi) is 9.71. The molecule has 2 rings (SSSR count). The van der Waals surface area contributed by atoms with Crippen molar-refractivity contribution in [3.05, 3.63) is 41.3 Å². The molecule has 0 aliphatic rings. The lowest BCUT2D eigenvalue weighted by atomic mass is 10.1. The van der Waals surface area contributed by atoms with Crippen molar-refractivity contribution >= 4 is 35.8 Å². The Morgan fingerprint density at radius 1 is 1.25 bits per heavy atom. The number of hydrogen-bond donors (Lipinski definition) is 1. The molecule has 0 amide bonds. The van der Waals surface area contributed by atoms with Gasteiger partial charge in [0.05, 0.1) is 12.2 Å². The first kappa shape index (κ1) is 24.2. The normalized spacial score (nSPS) is 11.4. The van der Waals surface area contributed by atoms with Crippen LogP contribution in [-0.4, -0.2) is 53.3 Å². The third-order valence-electron chi connectivity index (χ3n) is 4.28. The third kappa shape index (κ3) is 6.35. The van der Waals surface area contributed by atoms with Gasteiger partial charge in [0.25, 0.3) is 0 Å². The topological polar surface area (TPSA) is 61.6 Å². The molecule has 0 bridgehead atoms. The van der Waals surface area contributed by atoms with E-state index in [4.69, 9.17) is 4.99 Å². The highest BCUT2D eigenvalue weighted by Gasteiger charge is 2.15. The van der Waals surface area contributed by atoms with Crippen LogP contribution in [0.4, 0.5) is 5.82 Å². The number of aliphatic imine (C=N–C) groups is 1. The van der Waals surface area contributed by atoms with Crippen molar-refractivity contribution < 1.29 is 0 Å². The number of aryl methyl sites for hydroxylation is 1. The second kappa shape index (κ2) is 11.2. The molecule has 0 radical (unpaired) electrons. The molecular formula is C20H34IN7. The van der Waals surface area contributed by atoms with Crippen LogP contribution < -0.4 is 10.2 Å². The molecule has 7 nitrogen and oxygen atoms in total. The van der Waals surface area contributed by atoms with Crippen LogP contribution in [0.5, 0.6) is 0 Å². The van der Waals surface area contributed by atoms with Crippen molar-refractivity contribution in [1.29, 1.82) is 0 Å². The summed E-state index contributed by atoms with van der Waals surface area (Å²) in [6, 6.07) is 4.03. The van der Waals surface area contributed by atoms with Gasteiger partial charge in [0, 0.05) is 64.8 Å². The number of pyridine rings is 1. The molecule has 0 atom stereocenters. The molecule has 0 saturated carbocycles. The van der Waals surface area contributed by atoms with Crippen LogP contribution in [0, 0.1) is 0 Å². The highest BCUT2D eigenvalue weighted by Crippen LogP contribution is 2.19. The van der Waals surface area contributed by atoms with Gasteiger partial charge < -0.3 is 15.1 Å². The van der Waals surface area contributed by atoms with Crippen LogP contribution in [0.2, 0.25) is 0 Å². The van der Waals surface area contributed by atoms with Crippen molar-refractivity contribution in [3.63, 3.8) is 0 Å². The average Bonchev–Trinajstić information content (AvgIpc) is 2.99. The van der Waals surface area contributed by atoms with Gasteiger partial charge in [-0.25, -0.2) is 9.98 Å². The molecule has 0 saturated heterocycles. The van der Waals surface area contributed by atoms with E-state index in [0.29, 0.717) is 12.5 Å². The SMILES string of the molecule is CCNC(=NCc1cccnc1N(C)C)N(C)Cc1cn(C)nc1C(C)C.I. The maximum Gasteiger partial charge on any atom is 0.194 e. The van der Waals surface area contributed by atoms with Crippen molar-refractivity contribution in [2.75, 3.05) is 32.6 Å². The standard InChI is InChI=1S/C20H33N7.HI/c1-8-21-20(23-12-16-10-9-11-22-19(16)25(4)5)26(6)13-17-14-27(7)24-18(17)15(2)3;/h9-11,14-15H,8,12-13H2,1-7H3,(H,21,23);1H. The zero-order chi connectivity index (χ0) is 20.0. The van der Waals surface area contributed by atoms with Crippen LogP contribution in [0.3, 0.4) is 0 Å². The Hall–Kier alpha value is -1.84. The van der Waals surface area contributed by atoms with Gasteiger partial charge in [0.2, 0.25) is 0 Å². The number of nitrogens with zero attached hydrogens (tertiary/aromatic N) is 6. The zero-order valence-corrected chi connectivity index (χ0v) is 20.4. The van der Waals surface area contributed by atoms with Crippen LogP contribution in [0.25, 0.3) is 0 Å². The van der Waals surface area contributed by atoms with Gasteiger partial charge in [-0.3, -0.25) is 4.68 Å². The van der Waals surface area contributed by atoms with E-state index in [1.165, 1.54) is 5.56 Å². The summed E-state index contributed by atoms with van der Waals surface area (Å²) >= 11 is 0. The minimum absolute atomic E-state index is 0. The van der Waals surface area contributed by atoms with E-state index in [2.05, 4.69) is 60.4 Å². The molecule has 0 unspecified atom stereocenters. The Labute approximate surface area is 186 Å². The fraction of sp³-hybridized carbons (Fsp3) is 0.550. The predicted molar refractivity (Wildman–Crippen MR) is 128 cm³/mol. The lowest BCUT2D eigenvalue weighted by Crippen LogP contribution is -2.38. The van der Waals surface area contributed by atoms with E-state index in [0.717, 1.165) is 36.1 Å². The monoisotopic (exact) mass is 499 g/mol. The number of hydrogen-bond acceptors (Lipinski definition) is 4. The van der Waals surface area contributed by atoms with E-state index in [1.54, 1.807) is 0 Å². The highest BCUT2D eigenvalue weighted by molar-refractivity contribution is 14.0. The minimum atomic E-state index is 0. The molecule has 0 spiro atoms. The number of nitrogens with one attached hydrogen (secondary N) is 1. The van der Waals surface area contributed by atoms with Gasteiger partial charge in [-0.05, 0) is 18.9 Å². The molecule has 2 aromatic rings. The molecule has 0 aliphatic heterocycles. The summed E-state index contributed by atoms with van der Waals surface area (Å²) in [6.45, 7) is 8.61. The van der Waals surface area contributed by atoms with E-state index >= 15 is 0 Å². The molecule has 8 heteroatoms. The lowest BCUT2D eigenvalue weighted by Gasteiger charge is -2.23. The molecule has 2 heterocycles. The Morgan fingerprint density at radius 2 is 1.96 bits per heavy atom. The average molecular weight is 499 g/mol. The summed E-state index contributed by atoms with van der Waals surface area (Å²) < 4.78 is 1.89. The van der Waals surface area contributed by atoms with Crippen molar-refractivity contribution in [2.24, 2.45) is 12.0 Å². The summed E-state index contributed by atoms with van der Waals surface area (Å²) in [6.07, 6.45) is 3.91. The number of aromatic nitrogens is 3. The number of rotatable bonds is 7. The summed E-state index contributed by atoms with van der Waals surface area (Å²) in [5.41, 5.74) is 3.48. The highest BCUT2D eigenvalue weighted by atomic mass is 127. The summed E-state index contributed by atoms with van der Waals surface area (Å²) in [7, 11) is 8.04. The number of anilines is 1. The first-order valence-electron chi connectivity index (χ1n) is 9.46. The first-order chi connectivity index (χ1) is 12.8. The number of halogens is 1. The van der Waals surface area contributed by atoms with Crippen LogP contribution in [0.1, 0.15) is 43.5 Å². The van der Waals surface area contributed by atoms with Gasteiger partial charge in [0.15, 0.2) is 5.96 Å². The molecule has 2 aromatic heterocycles. The summed E-state index contributed by atoms with van der Waals surface area (Å²) in [5.74, 6) is 2.23. The van der Waals surface area contributed by atoms with Crippen molar-refractivity contribution in [2.45, 2.75) is 39.8 Å². The number of guanidine groups is 1. The van der Waals surface area contributed by atoms with Crippen molar-refractivity contribution in [3.8, 4) is 0 Å². The van der Waals surface area contributed by atoms with Crippen LogP contribution in [-0.2, 0) is 20.1 Å². The smallest absolute Gasteiger partial charge is 0.194 e. The molecule has 0 aromatic carbocycles. The van der Waals surface area contributed by atoms with Crippen LogP contribution in [0.15, 0.2) is 29.5 Å². The van der Waals surface area contributed by atoms with E-state index < -0.39 is 0 Å². The molecule has 0 aliphatic carbocycles. The minimum Gasteiger partial charge on any atom is -0.362 e. The maximum atomic E-state index is 4.84. The zero-order valence-electron chi connectivity index (χ0n) is 18.1. The van der Waals surface area contributed by atoms with Gasteiger partial charge >= 0.3 is 0 Å². The van der Waals surface area contributed by atoms with E-state index in [9.17, 15) is 0 Å².